The molecule has 0 aliphatic carbocycles. The monoisotopic (exact) mass is 520 g/mol. The van der Waals surface area contributed by atoms with Crippen molar-refractivity contribution in [2.75, 3.05) is 10.6 Å². The highest BCUT2D eigenvalue weighted by atomic mass is 35.5. The number of anilines is 2. The molecule has 4 aromatic carbocycles. The number of hydrogen-bond donors (Lipinski definition) is 2. The number of hydrogen-bond acceptors (Lipinski definition) is 3. The second kappa shape index (κ2) is 11.5. The maximum absolute atomic E-state index is 13.4. The van der Waals surface area contributed by atoms with Gasteiger partial charge in [-0.3, -0.25) is 9.59 Å². The van der Waals surface area contributed by atoms with Crippen LogP contribution in [0, 0.1) is 6.92 Å². The van der Waals surface area contributed by atoms with Gasteiger partial charge in [0, 0.05) is 31.9 Å². The van der Waals surface area contributed by atoms with Crippen molar-refractivity contribution in [1.29, 1.82) is 0 Å². The first kappa shape index (κ1) is 24.9. The first-order chi connectivity index (χ1) is 16.9. The van der Waals surface area contributed by atoms with E-state index in [4.69, 9.17) is 23.2 Å². The highest BCUT2D eigenvalue weighted by molar-refractivity contribution is 8.00. The number of nitrogens with one attached hydrogen (secondary N) is 2. The molecule has 0 fully saturated rings. The quantitative estimate of drug-likeness (QED) is 0.242. The number of carbonyl (C=O) groups is 2. The van der Waals surface area contributed by atoms with Gasteiger partial charge in [0.15, 0.2) is 0 Å². The molecule has 35 heavy (non-hydrogen) atoms. The van der Waals surface area contributed by atoms with E-state index in [2.05, 4.69) is 10.6 Å². The predicted molar refractivity (Wildman–Crippen MR) is 146 cm³/mol. The maximum Gasteiger partial charge on any atom is 0.255 e. The molecule has 1 unspecified atom stereocenters. The van der Waals surface area contributed by atoms with E-state index >= 15 is 0 Å². The van der Waals surface area contributed by atoms with E-state index in [1.54, 1.807) is 36.4 Å². The highest BCUT2D eigenvalue weighted by Crippen LogP contribution is 2.37. The van der Waals surface area contributed by atoms with Gasteiger partial charge in [0.05, 0.1) is 0 Å². The molecule has 0 spiro atoms. The third-order valence-corrected chi connectivity index (χ3v) is 7.19. The van der Waals surface area contributed by atoms with Crippen LogP contribution in [0.15, 0.2) is 102 Å². The van der Waals surface area contributed by atoms with Crippen LogP contribution in [0.25, 0.3) is 0 Å². The molecule has 1 atom stereocenters. The Balaban J connectivity index is 1.56. The predicted octanol–water partition coefficient (Wildman–Crippen LogP) is 8.03. The summed E-state index contributed by atoms with van der Waals surface area (Å²) in [4.78, 5) is 26.9. The number of amides is 2. The summed E-state index contributed by atoms with van der Waals surface area (Å²) >= 11 is 13.6. The van der Waals surface area contributed by atoms with Crippen molar-refractivity contribution >= 4 is 58.2 Å². The third-order valence-electron chi connectivity index (χ3n) is 5.30. The molecule has 2 N–H and O–H groups in total. The van der Waals surface area contributed by atoms with Crippen LogP contribution in [-0.2, 0) is 4.79 Å². The number of rotatable bonds is 7. The summed E-state index contributed by atoms with van der Waals surface area (Å²) in [5, 5.41) is 6.48. The van der Waals surface area contributed by atoms with Gasteiger partial charge in [-0.2, -0.15) is 0 Å². The first-order valence-corrected chi connectivity index (χ1v) is 12.5. The summed E-state index contributed by atoms with van der Waals surface area (Å²) in [6.45, 7) is 1.87. The number of halogens is 2. The van der Waals surface area contributed by atoms with Crippen LogP contribution in [0.3, 0.4) is 0 Å². The second-order valence-electron chi connectivity index (χ2n) is 7.80. The van der Waals surface area contributed by atoms with E-state index < -0.39 is 5.25 Å². The minimum Gasteiger partial charge on any atom is -0.325 e. The highest BCUT2D eigenvalue weighted by Gasteiger charge is 2.23. The minimum absolute atomic E-state index is 0.167. The topological polar surface area (TPSA) is 58.2 Å². The van der Waals surface area contributed by atoms with E-state index in [0.717, 1.165) is 16.0 Å². The summed E-state index contributed by atoms with van der Waals surface area (Å²) in [5.74, 6) is -0.427. The van der Waals surface area contributed by atoms with Gasteiger partial charge in [0.1, 0.15) is 5.25 Å². The Morgan fingerprint density at radius 1 is 0.800 bits per heavy atom. The lowest BCUT2D eigenvalue weighted by Gasteiger charge is -2.19. The van der Waals surface area contributed by atoms with Gasteiger partial charge < -0.3 is 10.6 Å². The average molecular weight is 521 g/mol. The van der Waals surface area contributed by atoms with Gasteiger partial charge in [-0.1, -0.05) is 71.7 Å². The molecule has 176 valence electrons. The Hall–Kier alpha value is -3.25. The van der Waals surface area contributed by atoms with Gasteiger partial charge in [0.2, 0.25) is 5.91 Å². The van der Waals surface area contributed by atoms with Gasteiger partial charge in [0.25, 0.3) is 5.91 Å². The summed E-state index contributed by atoms with van der Waals surface area (Å²) in [6.07, 6.45) is 0. The number of benzene rings is 4. The minimum atomic E-state index is -0.520. The molecule has 0 aromatic heterocycles. The first-order valence-electron chi connectivity index (χ1n) is 10.9. The molecular weight excluding hydrogens is 499 g/mol. The molecule has 0 radical (unpaired) electrons. The van der Waals surface area contributed by atoms with Crippen molar-refractivity contribution in [3.8, 4) is 0 Å². The van der Waals surface area contributed by atoms with Crippen LogP contribution in [0.4, 0.5) is 11.4 Å². The molecule has 0 saturated carbocycles. The van der Waals surface area contributed by atoms with Crippen molar-refractivity contribution in [3.63, 3.8) is 0 Å². The summed E-state index contributed by atoms with van der Waals surface area (Å²) < 4.78 is 0. The van der Waals surface area contributed by atoms with E-state index in [1.807, 2.05) is 67.6 Å². The molecule has 2 amide bonds. The largest absolute Gasteiger partial charge is 0.325 e. The van der Waals surface area contributed by atoms with Crippen molar-refractivity contribution in [3.05, 3.63) is 124 Å². The van der Waals surface area contributed by atoms with Gasteiger partial charge in [-0.15, -0.1) is 11.8 Å². The van der Waals surface area contributed by atoms with Crippen molar-refractivity contribution in [1.82, 2.24) is 0 Å². The lowest BCUT2D eigenvalue weighted by Crippen LogP contribution is -2.19. The summed E-state index contributed by atoms with van der Waals surface area (Å²) in [6, 6.07) is 29.2. The van der Waals surface area contributed by atoms with Crippen molar-refractivity contribution in [2.24, 2.45) is 0 Å². The Morgan fingerprint density at radius 3 is 2.31 bits per heavy atom. The Labute approximate surface area is 218 Å². The molecule has 0 aliphatic rings. The van der Waals surface area contributed by atoms with Crippen molar-refractivity contribution < 1.29 is 9.59 Å². The second-order valence-corrected chi connectivity index (χ2v) is 9.82. The van der Waals surface area contributed by atoms with Gasteiger partial charge in [-0.05, 0) is 66.6 Å². The maximum atomic E-state index is 13.4. The fourth-order valence-corrected chi connectivity index (χ4v) is 4.91. The zero-order valence-electron chi connectivity index (χ0n) is 18.8. The van der Waals surface area contributed by atoms with Crippen LogP contribution in [0.2, 0.25) is 10.0 Å². The van der Waals surface area contributed by atoms with Crippen LogP contribution < -0.4 is 10.6 Å². The molecule has 4 nitrogen and oxygen atoms in total. The van der Waals surface area contributed by atoms with E-state index in [1.165, 1.54) is 11.8 Å². The van der Waals surface area contributed by atoms with Crippen LogP contribution >= 0.6 is 35.0 Å². The molecule has 4 rings (SSSR count). The molecule has 0 saturated heterocycles. The van der Waals surface area contributed by atoms with Crippen LogP contribution in [0.1, 0.15) is 26.7 Å². The van der Waals surface area contributed by atoms with Crippen molar-refractivity contribution in [2.45, 2.75) is 17.1 Å². The lowest BCUT2D eigenvalue weighted by atomic mass is 10.1. The number of carbonyl (C=O) groups excluding carboxylic acids is 2. The van der Waals surface area contributed by atoms with E-state index in [9.17, 15) is 9.59 Å². The summed E-state index contributed by atoms with van der Waals surface area (Å²) in [5.41, 5.74) is 3.44. The fourth-order valence-electron chi connectivity index (χ4n) is 3.46. The van der Waals surface area contributed by atoms with Crippen LogP contribution in [0.5, 0.6) is 0 Å². The number of thioether (sulfide) groups is 1. The molecular formula is C28H22Cl2N2O2S. The molecule has 7 heteroatoms. The zero-order chi connectivity index (χ0) is 24.8. The lowest BCUT2D eigenvalue weighted by molar-refractivity contribution is -0.115. The van der Waals surface area contributed by atoms with E-state index in [0.29, 0.717) is 27.0 Å². The van der Waals surface area contributed by atoms with Gasteiger partial charge >= 0.3 is 0 Å². The zero-order valence-corrected chi connectivity index (χ0v) is 21.1. The molecule has 4 aromatic rings. The fraction of sp³-hybridized carbons (Fsp3) is 0.0714. The summed E-state index contributed by atoms with van der Waals surface area (Å²) in [7, 11) is 0. The molecule has 0 aliphatic heterocycles. The Bertz CT molecular complexity index is 1360. The smallest absolute Gasteiger partial charge is 0.255 e. The standard InChI is InChI=1S/C28H22Cl2N2O2S/c1-18-24(30)14-7-15-25(18)32-28(34)26(19-8-3-2-4-9-19)35-23-13-6-12-22(17-23)31-27(33)20-10-5-11-21(29)16-20/h2-17,26H,1H3,(H,31,33)(H,32,34). The Morgan fingerprint density at radius 2 is 1.54 bits per heavy atom. The SMILES string of the molecule is Cc1c(Cl)cccc1NC(=O)C(Sc1cccc(NC(=O)c2cccc(Cl)c2)c1)c1ccccc1. The van der Waals surface area contributed by atoms with E-state index in [-0.39, 0.29) is 11.8 Å². The third kappa shape index (κ3) is 6.45. The van der Waals surface area contributed by atoms with Crippen LogP contribution in [-0.4, -0.2) is 11.8 Å². The Kier molecular flexibility index (Phi) is 8.13. The normalized spacial score (nSPS) is 11.5. The van der Waals surface area contributed by atoms with Gasteiger partial charge in [-0.25, -0.2) is 0 Å². The average Bonchev–Trinajstić information content (AvgIpc) is 2.86. The molecule has 0 bridgehead atoms. The molecule has 0 heterocycles.